The van der Waals surface area contributed by atoms with Gasteiger partial charge in [-0.25, -0.2) is 0 Å². The predicted molar refractivity (Wildman–Crippen MR) is 120 cm³/mol. The molecule has 0 radical (unpaired) electrons. The molecule has 152 valence electrons. The standard InChI is InChI=1S/C23H28ClN5/c1-2-28(11-7-25)16-18-14-17-4-3-8-27-22(17)23(29-12-9-26-10-13-29)20-6-5-19(24)15-21(18)20/h3-8,11,14-15,23,26H,2,9-10,12-13,16,25H2,1H3/b11-7-. The van der Waals surface area contributed by atoms with E-state index in [9.17, 15) is 0 Å². The van der Waals surface area contributed by atoms with E-state index >= 15 is 0 Å². The molecule has 1 aliphatic heterocycles. The third-order valence-corrected chi connectivity index (χ3v) is 5.94. The topological polar surface area (TPSA) is 57.4 Å². The van der Waals surface area contributed by atoms with E-state index < -0.39 is 0 Å². The zero-order chi connectivity index (χ0) is 20.2. The molecule has 3 N–H and O–H groups in total. The monoisotopic (exact) mass is 409 g/mol. The van der Waals surface area contributed by atoms with E-state index in [1.807, 2.05) is 24.5 Å². The molecule has 2 aromatic rings. The van der Waals surface area contributed by atoms with Crippen LogP contribution in [0.3, 0.4) is 0 Å². The van der Waals surface area contributed by atoms with Crippen molar-refractivity contribution in [2.75, 3.05) is 39.3 Å². The Labute approximate surface area is 177 Å². The number of hydrogen-bond acceptors (Lipinski definition) is 5. The molecule has 0 bridgehead atoms. The minimum Gasteiger partial charge on any atom is -0.403 e. The first-order valence-electron chi connectivity index (χ1n) is 10.2. The van der Waals surface area contributed by atoms with Gasteiger partial charge in [0, 0.05) is 62.9 Å². The number of nitrogens with two attached hydrogens (primary N) is 1. The summed E-state index contributed by atoms with van der Waals surface area (Å²) in [5.41, 5.74) is 11.7. The number of likely N-dealkylation sites (N-methyl/N-ethyl adjacent to an activating group) is 1. The molecular weight excluding hydrogens is 382 g/mol. The maximum atomic E-state index is 6.46. The lowest BCUT2D eigenvalue weighted by Gasteiger charge is -2.36. The van der Waals surface area contributed by atoms with E-state index in [1.54, 1.807) is 6.20 Å². The van der Waals surface area contributed by atoms with Crippen LogP contribution in [0, 0.1) is 0 Å². The first-order valence-corrected chi connectivity index (χ1v) is 10.6. The van der Waals surface area contributed by atoms with Crippen molar-refractivity contribution >= 4 is 23.3 Å². The Morgan fingerprint density at radius 1 is 1.31 bits per heavy atom. The van der Waals surface area contributed by atoms with E-state index in [4.69, 9.17) is 22.3 Å². The molecular formula is C23H28ClN5. The molecule has 1 saturated heterocycles. The first-order chi connectivity index (χ1) is 14.2. The molecule has 1 fully saturated rings. The number of halogens is 1. The van der Waals surface area contributed by atoms with Gasteiger partial charge in [0.25, 0.3) is 0 Å². The Morgan fingerprint density at radius 3 is 2.90 bits per heavy atom. The van der Waals surface area contributed by atoms with Crippen molar-refractivity contribution < 1.29 is 0 Å². The average Bonchev–Trinajstić information content (AvgIpc) is 2.88. The fourth-order valence-electron chi connectivity index (χ4n) is 4.29. The van der Waals surface area contributed by atoms with Crippen LogP contribution in [0.2, 0.25) is 5.02 Å². The first kappa shape index (κ1) is 20.0. The van der Waals surface area contributed by atoms with Crippen molar-refractivity contribution in [3.05, 3.63) is 76.3 Å². The van der Waals surface area contributed by atoms with E-state index in [-0.39, 0.29) is 6.04 Å². The van der Waals surface area contributed by atoms with Gasteiger partial charge in [-0.05, 0) is 53.5 Å². The summed E-state index contributed by atoms with van der Waals surface area (Å²) in [4.78, 5) is 9.58. The average molecular weight is 410 g/mol. The molecule has 2 aliphatic rings. The molecule has 6 heteroatoms. The lowest BCUT2D eigenvalue weighted by Crippen LogP contribution is -2.45. The van der Waals surface area contributed by atoms with E-state index in [1.165, 1.54) is 22.3 Å². The van der Waals surface area contributed by atoms with E-state index in [0.717, 1.165) is 50.0 Å². The summed E-state index contributed by atoms with van der Waals surface area (Å²) in [7, 11) is 0. The van der Waals surface area contributed by atoms with Gasteiger partial charge in [0.2, 0.25) is 0 Å². The number of rotatable bonds is 5. The van der Waals surface area contributed by atoms with Crippen molar-refractivity contribution in [2.45, 2.75) is 13.0 Å². The molecule has 5 nitrogen and oxygen atoms in total. The van der Waals surface area contributed by atoms with E-state index in [0.29, 0.717) is 0 Å². The van der Waals surface area contributed by atoms with Crippen LogP contribution < -0.4 is 11.1 Å². The lowest BCUT2D eigenvalue weighted by molar-refractivity contribution is 0.195. The SMILES string of the molecule is CCN(/C=C\N)CC1=Cc2cccnc2C(N2CCNCC2)c2ccc(Cl)cc21. The molecule has 1 aromatic heterocycles. The lowest BCUT2D eigenvalue weighted by atomic mass is 9.93. The summed E-state index contributed by atoms with van der Waals surface area (Å²) in [6, 6.07) is 10.6. The fourth-order valence-corrected chi connectivity index (χ4v) is 4.46. The third-order valence-electron chi connectivity index (χ3n) is 5.71. The smallest absolute Gasteiger partial charge is 0.0789 e. The number of aromatic nitrogens is 1. The van der Waals surface area contributed by atoms with Crippen molar-refractivity contribution in [1.29, 1.82) is 0 Å². The highest BCUT2D eigenvalue weighted by Gasteiger charge is 2.31. The Balaban J connectivity index is 1.87. The van der Waals surface area contributed by atoms with Gasteiger partial charge in [0.15, 0.2) is 0 Å². The highest BCUT2D eigenvalue weighted by Crippen LogP contribution is 2.40. The van der Waals surface area contributed by atoms with Crippen LogP contribution in [-0.4, -0.2) is 54.1 Å². The van der Waals surface area contributed by atoms with Crippen LogP contribution in [-0.2, 0) is 0 Å². The minimum atomic E-state index is 0.120. The van der Waals surface area contributed by atoms with Crippen molar-refractivity contribution in [3.63, 3.8) is 0 Å². The van der Waals surface area contributed by atoms with Crippen LogP contribution in [0.25, 0.3) is 11.6 Å². The molecule has 0 amide bonds. The highest BCUT2D eigenvalue weighted by atomic mass is 35.5. The molecule has 1 aromatic carbocycles. The summed E-state index contributed by atoms with van der Waals surface area (Å²) in [5, 5.41) is 4.22. The number of nitrogens with zero attached hydrogens (tertiary/aromatic N) is 3. The van der Waals surface area contributed by atoms with Gasteiger partial charge in [0.1, 0.15) is 0 Å². The number of nitrogens with one attached hydrogen (secondary N) is 1. The molecule has 1 unspecified atom stereocenters. The van der Waals surface area contributed by atoms with Gasteiger partial charge in [-0.15, -0.1) is 0 Å². The van der Waals surface area contributed by atoms with Crippen molar-refractivity contribution in [3.8, 4) is 0 Å². The summed E-state index contributed by atoms with van der Waals surface area (Å²) in [6.07, 6.45) is 7.71. The normalized spacial score (nSPS) is 19.4. The van der Waals surface area contributed by atoms with Crippen LogP contribution in [0.1, 0.15) is 35.3 Å². The maximum absolute atomic E-state index is 6.46. The number of piperazine rings is 1. The molecule has 0 saturated carbocycles. The quantitative estimate of drug-likeness (QED) is 0.793. The molecule has 29 heavy (non-hydrogen) atoms. The van der Waals surface area contributed by atoms with Gasteiger partial charge < -0.3 is 16.0 Å². The van der Waals surface area contributed by atoms with Crippen LogP contribution in [0.4, 0.5) is 0 Å². The van der Waals surface area contributed by atoms with Gasteiger partial charge in [0.05, 0.1) is 11.7 Å². The summed E-state index contributed by atoms with van der Waals surface area (Å²) in [6.45, 7) is 7.75. The number of fused-ring (bicyclic) bond motifs is 2. The Hall–Kier alpha value is -2.34. The van der Waals surface area contributed by atoms with E-state index in [2.05, 4.69) is 46.3 Å². The maximum Gasteiger partial charge on any atom is 0.0789 e. The van der Waals surface area contributed by atoms with Gasteiger partial charge in [-0.1, -0.05) is 23.7 Å². The Bertz CT molecular complexity index is 917. The van der Waals surface area contributed by atoms with Crippen LogP contribution in [0.5, 0.6) is 0 Å². The fraction of sp³-hybridized carbons (Fsp3) is 0.348. The molecule has 0 spiro atoms. The number of hydrogen-bond donors (Lipinski definition) is 2. The zero-order valence-electron chi connectivity index (χ0n) is 16.8. The molecule has 1 atom stereocenters. The zero-order valence-corrected chi connectivity index (χ0v) is 17.6. The van der Waals surface area contributed by atoms with Gasteiger partial charge in [-0.2, -0.15) is 0 Å². The minimum absolute atomic E-state index is 0.120. The second-order valence-electron chi connectivity index (χ2n) is 7.47. The third kappa shape index (κ3) is 4.17. The largest absolute Gasteiger partial charge is 0.403 e. The Morgan fingerprint density at radius 2 is 2.14 bits per heavy atom. The van der Waals surface area contributed by atoms with Crippen LogP contribution >= 0.6 is 11.6 Å². The van der Waals surface area contributed by atoms with Gasteiger partial charge >= 0.3 is 0 Å². The van der Waals surface area contributed by atoms with Crippen LogP contribution in [0.15, 0.2) is 48.9 Å². The van der Waals surface area contributed by atoms with Gasteiger partial charge in [-0.3, -0.25) is 9.88 Å². The number of pyridine rings is 1. The second-order valence-corrected chi connectivity index (χ2v) is 7.91. The summed E-state index contributed by atoms with van der Waals surface area (Å²) < 4.78 is 0. The molecule has 1 aliphatic carbocycles. The number of benzene rings is 1. The predicted octanol–water partition coefficient (Wildman–Crippen LogP) is 3.34. The second kappa shape index (κ2) is 8.99. The summed E-state index contributed by atoms with van der Waals surface area (Å²) in [5.74, 6) is 0. The molecule has 2 heterocycles. The summed E-state index contributed by atoms with van der Waals surface area (Å²) >= 11 is 6.46. The molecule has 4 rings (SSSR count). The highest BCUT2D eigenvalue weighted by molar-refractivity contribution is 6.30. The van der Waals surface area contributed by atoms with Crippen molar-refractivity contribution in [1.82, 2.24) is 20.1 Å². The Kier molecular flexibility index (Phi) is 6.19. The van der Waals surface area contributed by atoms with Crippen molar-refractivity contribution in [2.24, 2.45) is 5.73 Å².